The first-order valence-corrected chi connectivity index (χ1v) is 7.09. The Morgan fingerprint density at radius 3 is 1.94 bits per heavy atom. The topological polar surface area (TPSA) is 29.1 Å². The van der Waals surface area contributed by atoms with E-state index in [9.17, 15) is 4.79 Å². The first-order chi connectivity index (χ1) is 7.43. The van der Waals surface area contributed by atoms with E-state index in [1.165, 1.54) is 12.8 Å². The Morgan fingerprint density at radius 2 is 1.59 bits per heavy atom. The molecule has 0 fully saturated rings. The highest BCUT2D eigenvalue weighted by atomic mass is 31.0. The van der Waals surface area contributed by atoms with Crippen LogP contribution in [0.5, 0.6) is 0 Å². The lowest BCUT2D eigenvalue weighted by Crippen LogP contribution is -2.46. The van der Waals surface area contributed by atoms with Crippen LogP contribution in [0.2, 0.25) is 0 Å². The molecular formula is C14H30NOP. The molecule has 0 spiro atoms. The van der Waals surface area contributed by atoms with Gasteiger partial charge in [0.1, 0.15) is 0 Å². The van der Waals surface area contributed by atoms with Crippen molar-refractivity contribution >= 4 is 15.1 Å². The van der Waals surface area contributed by atoms with Crippen LogP contribution in [0.4, 0.5) is 0 Å². The molecule has 0 saturated carbocycles. The van der Waals surface area contributed by atoms with Crippen molar-refractivity contribution in [3.8, 4) is 0 Å². The van der Waals surface area contributed by atoms with Crippen LogP contribution < -0.4 is 5.32 Å². The fourth-order valence-corrected chi connectivity index (χ4v) is 3.28. The fraction of sp³-hybridized carbons (Fsp3) is 0.929. The minimum absolute atomic E-state index is 0.0339. The number of amides is 1. The summed E-state index contributed by atoms with van der Waals surface area (Å²) in [7, 11) is 2.79. The number of rotatable bonds is 6. The summed E-state index contributed by atoms with van der Waals surface area (Å²) in [5.41, 5.74) is 0.458. The van der Waals surface area contributed by atoms with Crippen molar-refractivity contribution in [2.45, 2.75) is 73.0 Å². The number of nitrogens with one attached hydrogen (secondary N) is 1. The Bertz CT molecular complexity index is 269. The zero-order chi connectivity index (χ0) is 13.9. The standard InChI is InChI=1S/C14H30NOP/c1-8-9-12(3,4)13(5,6)10-14(7,17)15-11(2)16/h8-10,17H2,1-7H3,(H,15,16). The molecule has 1 N–H and O–H groups in total. The molecule has 0 aromatic rings. The van der Waals surface area contributed by atoms with Crippen LogP contribution in [0.25, 0.3) is 0 Å². The maximum absolute atomic E-state index is 11.2. The lowest BCUT2D eigenvalue weighted by Gasteiger charge is -2.46. The van der Waals surface area contributed by atoms with E-state index < -0.39 is 0 Å². The van der Waals surface area contributed by atoms with Crippen LogP contribution in [-0.2, 0) is 4.79 Å². The normalized spacial score (nSPS) is 16.5. The minimum atomic E-state index is -0.222. The van der Waals surface area contributed by atoms with Gasteiger partial charge in [0.2, 0.25) is 5.91 Å². The minimum Gasteiger partial charge on any atom is -0.348 e. The van der Waals surface area contributed by atoms with Gasteiger partial charge in [-0.3, -0.25) is 4.79 Å². The van der Waals surface area contributed by atoms with E-state index in [-0.39, 0.29) is 22.0 Å². The van der Waals surface area contributed by atoms with Gasteiger partial charge in [0, 0.05) is 6.92 Å². The van der Waals surface area contributed by atoms with Crippen molar-refractivity contribution in [3.63, 3.8) is 0 Å². The number of hydrogen-bond acceptors (Lipinski definition) is 1. The zero-order valence-corrected chi connectivity index (χ0v) is 13.8. The monoisotopic (exact) mass is 259 g/mol. The van der Waals surface area contributed by atoms with Gasteiger partial charge in [-0.05, 0) is 30.6 Å². The smallest absolute Gasteiger partial charge is 0.217 e. The lowest BCUT2D eigenvalue weighted by atomic mass is 9.63. The largest absolute Gasteiger partial charge is 0.348 e. The van der Waals surface area contributed by atoms with E-state index >= 15 is 0 Å². The maximum Gasteiger partial charge on any atom is 0.217 e. The molecule has 0 bridgehead atoms. The van der Waals surface area contributed by atoms with Gasteiger partial charge in [0.05, 0.1) is 5.28 Å². The Balaban J connectivity index is 4.79. The van der Waals surface area contributed by atoms with E-state index in [1.807, 2.05) is 0 Å². The zero-order valence-electron chi connectivity index (χ0n) is 12.6. The van der Waals surface area contributed by atoms with Gasteiger partial charge in [-0.25, -0.2) is 0 Å². The van der Waals surface area contributed by atoms with E-state index in [0.717, 1.165) is 6.42 Å². The molecule has 3 heteroatoms. The molecule has 0 aliphatic rings. The molecule has 17 heavy (non-hydrogen) atoms. The van der Waals surface area contributed by atoms with Gasteiger partial charge in [0.25, 0.3) is 0 Å². The molecule has 0 aromatic carbocycles. The van der Waals surface area contributed by atoms with Gasteiger partial charge < -0.3 is 5.32 Å². The number of hydrogen-bond donors (Lipinski definition) is 1. The van der Waals surface area contributed by atoms with Crippen molar-refractivity contribution in [2.75, 3.05) is 0 Å². The Kier molecular flexibility index (Phi) is 5.66. The summed E-state index contributed by atoms with van der Waals surface area (Å²) in [4.78, 5) is 11.2. The van der Waals surface area contributed by atoms with Crippen molar-refractivity contribution in [3.05, 3.63) is 0 Å². The summed E-state index contributed by atoms with van der Waals surface area (Å²) in [5.74, 6) is 0.0339. The van der Waals surface area contributed by atoms with Crippen LogP contribution in [0.15, 0.2) is 0 Å². The summed E-state index contributed by atoms with van der Waals surface area (Å²) < 4.78 is 0. The van der Waals surface area contributed by atoms with Gasteiger partial charge >= 0.3 is 0 Å². The third-order valence-electron chi connectivity index (χ3n) is 3.98. The Hall–Kier alpha value is -0.100. The van der Waals surface area contributed by atoms with Crippen LogP contribution >= 0.6 is 9.24 Å². The van der Waals surface area contributed by atoms with Crippen LogP contribution in [0.1, 0.15) is 67.7 Å². The highest BCUT2D eigenvalue weighted by Crippen LogP contribution is 2.48. The highest BCUT2D eigenvalue weighted by Gasteiger charge is 2.40. The molecule has 0 radical (unpaired) electrons. The Labute approximate surface area is 110 Å². The summed E-state index contributed by atoms with van der Waals surface area (Å²) in [6.07, 6.45) is 3.36. The molecule has 2 unspecified atom stereocenters. The predicted molar refractivity (Wildman–Crippen MR) is 79.0 cm³/mol. The summed E-state index contributed by atoms with van der Waals surface area (Å²) in [5, 5.41) is 2.79. The molecule has 1 amide bonds. The fourth-order valence-electron chi connectivity index (χ4n) is 2.57. The molecule has 0 heterocycles. The van der Waals surface area contributed by atoms with Crippen LogP contribution in [0.3, 0.4) is 0 Å². The number of carbonyl (C=O) groups is 1. The van der Waals surface area contributed by atoms with Gasteiger partial charge in [-0.15, -0.1) is 9.24 Å². The molecule has 2 nitrogen and oxygen atoms in total. The summed E-state index contributed by atoms with van der Waals surface area (Å²) in [6.45, 7) is 15.1. The highest BCUT2D eigenvalue weighted by molar-refractivity contribution is 7.18. The quantitative estimate of drug-likeness (QED) is 0.719. The van der Waals surface area contributed by atoms with E-state index in [0.29, 0.717) is 0 Å². The van der Waals surface area contributed by atoms with Crippen molar-refractivity contribution in [2.24, 2.45) is 10.8 Å². The first-order valence-electron chi connectivity index (χ1n) is 6.51. The second-order valence-electron chi connectivity index (χ2n) is 6.79. The molecule has 0 rings (SSSR count). The summed E-state index contributed by atoms with van der Waals surface area (Å²) >= 11 is 0. The van der Waals surface area contributed by atoms with Crippen molar-refractivity contribution in [1.82, 2.24) is 5.32 Å². The second-order valence-corrected chi connectivity index (χ2v) is 8.07. The van der Waals surface area contributed by atoms with Gasteiger partial charge in [-0.1, -0.05) is 41.0 Å². The third-order valence-corrected chi connectivity index (χ3v) is 4.33. The lowest BCUT2D eigenvalue weighted by molar-refractivity contribution is -0.120. The van der Waals surface area contributed by atoms with E-state index in [2.05, 4.69) is 56.1 Å². The molecule has 0 aliphatic heterocycles. The first kappa shape index (κ1) is 16.9. The molecule has 0 aromatic heterocycles. The van der Waals surface area contributed by atoms with E-state index in [4.69, 9.17) is 0 Å². The number of carbonyl (C=O) groups excluding carboxylic acids is 1. The van der Waals surface area contributed by atoms with Crippen molar-refractivity contribution in [1.29, 1.82) is 0 Å². The van der Waals surface area contributed by atoms with Crippen molar-refractivity contribution < 1.29 is 4.79 Å². The van der Waals surface area contributed by atoms with Crippen LogP contribution in [-0.4, -0.2) is 11.2 Å². The second kappa shape index (κ2) is 5.69. The molecule has 0 aliphatic carbocycles. The SMILES string of the molecule is CCCC(C)(C)C(C)(C)CC(C)(P)NC(C)=O. The average molecular weight is 259 g/mol. The molecule has 2 atom stereocenters. The maximum atomic E-state index is 11.2. The summed E-state index contributed by atoms with van der Waals surface area (Å²) in [6, 6.07) is 0. The van der Waals surface area contributed by atoms with E-state index in [1.54, 1.807) is 6.92 Å². The molecular weight excluding hydrogens is 229 g/mol. The van der Waals surface area contributed by atoms with Gasteiger partial charge in [0.15, 0.2) is 0 Å². The Morgan fingerprint density at radius 1 is 1.12 bits per heavy atom. The molecule has 0 saturated heterocycles. The third kappa shape index (κ3) is 5.38. The van der Waals surface area contributed by atoms with Crippen LogP contribution in [0, 0.1) is 10.8 Å². The van der Waals surface area contributed by atoms with Gasteiger partial charge in [-0.2, -0.15) is 0 Å². The average Bonchev–Trinajstić information content (AvgIpc) is 1.97. The molecule has 102 valence electrons. The predicted octanol–water partition coefficient (Wildman–Crippen LogP) is 3.96.